The minimum absolute atomic E-state index is 0.320. The fourth-order valence-electron chi connectivity index (χ4n) is 1.49. The molecule has 0 aliphatic carbocycles. The summed E-state index contributed by atoms with van der Waals surface area (Å²) in [6, 6.07) is 10.6. The van der Waals surface area contributed by atoms with E-state index in [4.69, 9.17) is 0 Å². The molecule has 1 aromatic rings. The van der Waals surface area contributed by atoms with E-state index in [-0.39, 0.29) is 8.07 Å². The van der Waals surface area contributed by atoms with E-state index in [0.29, 0.717) is 0 Å². The van der Waals surface area contributed by atoms with Gasteiger partial charge in [-0.15, -0.1) is 0 Å². The average Bonchev–Trinajstić information content (AvgIpc) is 2.27. The van der Waals surface area contributed by atoms with Crippen LogP contribution in [0, 0.1) is 0 Å². The third kappa shape index (κ3) is 2.67. The first kappa shape index (κ1) is 11.4. The van der Waals surface area contributed by atoms with Gasteiger partial charge in [-0.2, -0.15) is 0 Å². The van der Waals surface area contributed by atoms with Crippen molar-refractivity contribution in [2.24, 2.45) is 0 Å². The predicted molar refractivity (Wildman–Crippen MR) is 66.1 cm³/mol. The maximum atomic E-state index is 3.94. The van der Waals surface area contributed by atoms with Crippen molar-refractivity contribution in [3.63, 3.8) is 0 Å². The summed E-state index contributed by atoms with van der Waals surface area (Å²) in [4.78, 5) is 0. The minimum Gasteiger partial charge on any atom is -0.276 e. The molecule has 0 fully saturated rings. The summed E-state index contributed by atoms with van der Waals surface area (Å²) in [7, 11) is -0.320. The van der Waals surface area contributed by atoms with Crippen LogP contribution in [0.1, 0.15) is 13.8 Å². The van der Waals surface area contributed by atoms with Gasteiger partial charge in [-0.05, 0) is 24.2 Å². The van der Waals surface area contributed by atoms with Crippen LogP contribution >= 0.6 is 8.07 Å². The second-order valence-corrected chi connectivity index (χ2v) is 5.14. The van der Waals surface area contributed by atoms with E-state index < -0.39 is 0 Å². The van der Waals surface area contributed by atoms with Gasteiger partial charge in [0.05, 0.1) is 0 Å². The molecule has 14 heavy (non-hydrogen) atoms. The zero-order valence-electron chi connectivity index (χ0n) is 8.98. The second kappa shape index (κ2) is 5.95. The Morgan fingerprint density at radius 3 is 2.21 bits per heavy atom. The van der Waals surface area contributed by atoms with Crippen molar-refractivity contribution in [2.75, 3.05) is 13.1 Å². The number of hydrogen-bond donors (Lipinski definition) is 0. The molecule has 0 amide bonds. The monoisotopic (exact) mass is 207 g/mol. The van der Waals surface area contributed by atoms with Crippen LogP contribution in [0.25, 0.3) is 0 Å². The van der Waals surface area contributed by atoms with Gasteiger partial charge in [-0.3, -0.25) is 4.67 Å². The summed E-state index contributed by atoms with van der Waals surface area (Å²) < 4.78 is 2.46. The average molecular weight is 207 g/mol. The predicted octanol–water partition coefficient (Wildman–Crippen LogP) is 3.19. The molecule has 0 saturated carbocycles. The van der Waals surface area contributed by atoms with Gasteiger partial charge in [-0.25, -0.2) is 0 Å². The molecule has 0 aromatic heterocycles. The number of hydrogen-bond acceptors (Lipinski definition) is 1. The van der Waals surface area contributed by atoms with Crippen LogP contribution in [0.5, 0.6) is 0 Å². The number of rotatable bonds is 5. The molecule has 1 nitrogen and oxygen atoms in total. The molecule has 0 aliphatic heterocycles. The van der Waals surface area contributed by atoms with Gasteiger partial charge in [0, 0.05) is 8.07 Å². The van der Waals surface area contributed by atoms with Crippen LogP contribution in [0.4, 0.5) is 0 Å². The largest absolute Gasteiger partial charge is 0.276 e. The summed E-state index contributed by atoms with van der Waals surface area (Å²) in [5.74, 6) is 2.08. The Bertz CT molecular complexity index is 267. The zero-order chi connectivity index (χ0) is 10.4. The Morgan fingerprint density at radius 1 is 1.21 bits per heavy atom. The molecule has 0 bridgehead atoms. The highest BCUT2D eigenvalue weighted by atomic mass is 31.1. The zero-order valence-corrected chi connectivity index (χ0v) is 9.87. The highest BCUT2D eigenvalue weighted by molar-refractivity contribution is 7.66. The van der Waals surface area contributed by atoms with Crippen LogP contribution in [0.2, 0.25) is 0 Å². The highest BCUT2D eigenvalue weighted by Crippen LogP contribution is 2.39. The summed E-state index contributed by atoms with van der Waals surface area (Å²) >= 11 is 0. The smallest absolute Gasteiger partial charge is 0.0199 e. The van der Waals surface area contributed by atoms with Crippen molar-refractivity contribution in [1.82, 2.24) is 4.67 Å². The molecule has 0 radical (unpaired) electrons. The first-order valence-corrected chi connectivity index (χ1v) is 6.41. The quantitative estimate of drug-likeness (QED) is 0.670. The normalized spacial score (nSPS) is 12.8. The van der Waals surface area contributed by atoms with Gasteiger partial charge in [0.15, 0.2) is 0 Å². The van der Waals surface area contributed by atoms with Crippen molar-refractivity contribution < 1.29 is 0 Å². The molecule has 0 N–H and O–H groups in total. The van der Waals surface area contributed by atoms with Crippen LogP contribution in [0.15, 0.2) is 42.7 Å². The van der Waals surface area contributed by atoms with E-state index in [1.54, 1.807) is 0 Å². The lowest BCUT2D eigenvalue weighted by atomic mass is 10.4. The van der Waals surface area contributed by atoms with Gasteiger partial charge in [0.2, 0.25) is 0 Å². The molecule has 0 aliphatic rings. The van der Waals surface area contributed by atoms with E-state index in [9.17, 15) is 0 Å². The molecule has 0 heterocycles. The summed E-state index contributed by atoms with van der Waals surface area (Å²) in [5.41, 5.74) is 0. The molecule has 0 saturated heterocycles. The number of nitrogens with zero attached hydrogens (tertiary/aromatic N) is 1. The molecular formula is C12H18NP. The minimum atomic E-state index is -0.320. The van der Waals surface area contributed by atoms with Crippen LogP contribution < -0.4 is 5.30 Å². The van der Waals surface area contributed by atoms with Gasteiger partial charge < -0.3 is 0 Å². The topological polar surface area (TPSA) is 3.24 Å². The van der Waals surface area contributed by atoms with Crippen LogP contribution in [-0.4, -0.2) is 17.8 Å². The molecule has 2 heteroatoms. The fourth-order valence-corrected chi connectivity index (χ4v) is 3.35. The maximum Gasteiger partial charge on any atom is 0.0199 e. The summed E-state index contributed by atoms with van der Waals surface area (Å²) in [5, 5.41) is 1.39. The lowest BCUT2D eigenvalue weighted by Crippen LogP contribution is -2.21. The second-order valence-electron chi connectivity index (χ2n) is 3.00. The Kier molecular flexibility index (Phi) is 4.86. The van der Waals surface area contributed by atoms with E-state index in [1.807, 2.05) is 0 Å². The Hall–Kier alpha value is -0.650. The van der Waals surface area contributed by atoms with E-state index in [0.717, 1.165) is 13.1 Å². The standard InChI is InChI=1S/C12H18NP/c1-4-13(5-2)14(6-3)12-10-8-7-9-11-12/h6-11H,3-5H2,1-2H3. The number of benzene rings is 1. The van der Waals surface area contributed by atoms with Gasteiger partial charge >= 0.3 is 0 Å². The molecule has 1 aromatic carbocycles. The van der Waals surface area contributed by atoms with Crippen molar-refractivity contribution in [3.05, 3.63) is 42.7 Å². The first-order valence-electron chi connectivity index (χ1n) is 5.05. The molecule has 0 spiro atoms. The molecular weight excluding hydrogens is 189 g/mol. The van der Waals surface area contributed by atoms with Crippen LogP contribution in [0.3, 0.4) is 0 Å². The lowest BCUT2D eigenvalue weighted by Gasteiger charge is -2.27. The van der Waals surface area contributed by atoms with E-state index >= 15 is 0 Å². The van der Waals surface area contributed by atoms with Crippen molar-refractivity contribution in [3.8, 4) is 0 Å². The summed E-state index contributed by atoms with van der Waals surface area (Å²) in [6.07, 6.45) is 0. The lowest BCUT2D eigenvalue weighted by molar-refractivity contribution is 0.514. The molecule has 1 rings (SSSR count). The highest BCUT2D eigenvalue weighted by Gasteiger charge is 2.12. The summed E-state index contributed by atoms with van der Waals surface area (Å²) in [6.45, 7) is 10.5. The maximum absolute atomic E-state index is 3.94. The van der Waals surface area contributed by atoms with E-state index in [2.05, 4.69) is 61.2 Å². The fraction of sp³-hybridized carbons (Fsp3) is 0.333. The van der Waals surface area contributed by atoms with E-state index in [1.165, 1.54) is 5.30 Å². The van der Waals surface area contributed by atoms with Crippen LogP contribution in [-0.2, 0) is 0 Å². The van der Waals surface area contributed by atoms with Crippen molar-refractivity contribution >= 4 is 13.4 Å². The van der Waals surface area contributed by atoms with Gasteiger partial charge in [0.1, 0.15) is 0 Å². The Labute approximate surface area is 88.2 Å². The Morgan fingerprint density at radius 2 is 1.79 bits per heavy atom. The molecule has 76 valence electrons. The molecule has 1 unspecified atom stereocenters. The Balaban J connectivity index is 2.86. The molecule has 1 atom stereocenters. The van der Waals surface area contributed by atoms with Gasteiger partial charge in [0.25, 0.3) is 0 Å². The van der Waals surface area contributed by atoms with Gasteiger partial charge in [-0.1, -0.05) is 50.8 Å². The SMILES string of the molecule is C=CP(c1ccccc1)N(CC)CC. The third-order valence-corrected chi connectivity index (χ3v) is 4.58. The first-order chi connectivity index (χ1) is 6.83. The third-order valence-electron chi connectivity index (χ3n) is 2.23. The van der Waals surface area contributed by atoms with Crippen molar-refractivity contribution in [2.45, 2.75) is 13.8 Å². The van der Waals surface area contributed by atoms with Crippen molar-refractivity contribution in [1.29, 1.82) is 0 Å².